The summed E-state index contributed by atoms with van der Waals surface area (Å²) in [6.07, 6.45) is 4.69. The number of nitrogens with zero attached hydrogens (tertiary/aromatic N) is 2. The number of rotatable bonds is 9. The lowest BCUT2D eigenvalue weighted by Gasteiger charge is -2.12. The molecule has 0 aliphatic heterocycles. The number of hydrogen-bond acceptors (Lipinski definition) is 5. The van der Waals surface area contributed by atoms with E-state index in [1.807, 2.05) is 47.8 Å². The molecule has 0 saturated heterocycles. The van der Waals surface area contributed by atoms with Gasteiger partial charge in [-0.15, -0.1) is 0 Å². The van der Waals surface area contributed by atoms with Gasteiger partial charge in [-0.2, -0.15) is 0 Å². The van der Waals surface area contributed by atoms with E-state index in [4.69, 9.17) is 16.3 Å². The predicted molar refractivity (Wildman–Crippen MR) is 155 cm³/mol. The zero-order valence-electron chi connectivity index (χ0n) is 21.5. The minimum Gasteiger partial charge on any atom is -0.458 e. The van der Waals surface area contributed by atoms with Crippen molar-refractivity contribution in [1.29, 1.82) is 0 Å². The topological polar surface area (TPSA) is 68.6 Å². The second-order valence-corrected chi connectivity index (χ2v) is 9.35. The highest BCUT2D eigenvalue weighted by atomic mass is 35.5. The fraction of sp³-hybridized carbons (Fsp3) is 0.129. The minimum atomic E-state index is -0.467. The van der Waals surface area contributed by atoms with Gasteiger partial charge in [0.25, 0.3) is 0 Å². The first-order chi connectivity index (χ1) is 18.2. The first kappa shape index (κ1) is 26.6. The molecule has 0 N–H and O–H groups in total. The largest absolute Gasteiger partial charge is 0.458 e. The molecular weight excluding hydrogens is 500 g/mol. The summed E-state index contributed by atoms with van der Waals surface area (Å²) in [6.45, 7) is 8.94. The van der Waals surface area contributed by atoms with Crippen LogP contribution in [0.4, 0.5) is 5.69 Å². The molecule has 0 amide bonds. The van der Waals surface area contributed by atoms with E-state index in [1.54, 1.807) is 36.5 Å². The second kappa shape index (κ2) is 10.9. The van der Waals surface area contributed by atoms with Crippen LogP contribution in [0.25, 0.3) is 34.1 Å². The molecule has 3 aromatic carbocycles. The molecule has 1 aromatic heterocycles. The van der Waals surface area contributed by atoms with Crippen molar-refractivity contribution in [3.8, 4) is 0 Å². The average molecular weight is 527 g/mol. The van der Waals surface area contributed by atoms with Crippen LogP contribution < -0.4 is 4.90 Å². The molecule has 0 atom stereocenters. The third-order valence-electron chi connectivity index (χ3n) is 6.24. The number of allylic oxidation sites excluding steroid dienone is 1. The number of Topliss-reactive ketones (excluding diaryl/α,β-unsaturated/α-hetero) is 2. The number of aromatic nitrogens is 1. The quantitative estimate of drug-likeness (QED) is 0.0598. The number of halogens is 1. The normalized spacial score (nSPS) is 11.4. The van der Waals surface area contributed by atoms with E-state index in [0.717, 1.165) is 27.5 Å². The van der Waals surface area contributed by atoms with E-state index in [1.165, 1.54) is 19.1 Å². The van der Waals surface area contributed by atoms with Crippen LogP contribution in [-0.4, -0.2) is 42.8 Å². The molecule has 38 heavy (non-hydrogen) atoms. The molecule has 4 aromatic rings. The lowest BCUT2D eigenvalue weighted by atomic mass is 9.97. The van der Waals surface area contributed by atoms with Crippen molar-refractivity contribution in [2.24, 2.45) is 0 Å². The summed E-state index contributed by atoms with van der Waals surface area (Å²) < 4.78 is 7.06. The Morgan fingerprint density at radius 3 is 2.21 bits per heavy atom. The first-order valence-corrected chi connectivity index (χ1v) is 12.3. The number of carbonyl (C=O) groups excluding carboxylic acids is 3. The van der Waals surface area contributed by atoms with Crippen LogP contribution in [0.1, 0.15) is 33.2 Å². The van der Waals surface area contributed by atoms with Crippen molar-refractivity contribution in [3.05, 3.63) is 101 Å². The van der Waals surface area contributed by atoms with Crippen molar-refractivity contribution in [1.82, 2.24) is 4.57 Å². The average Bonchev–Trinajstić information content (AvgIpc) is 3.21. The Balaban J connectivity index is 1.86. The SMILES string of the molecule is C=CCOC(=O)c1ccc2c(c1)c1cc(/C=C(/C(C)=O)C(=O)c3ccc(N(C)C)cc3)c(Cl)cc1n2C=C. The number of benzene rings is 3. The van der Waals surface area contributed by atoms with Gasteiger partial charge in [0.2, 0.25) is 0 Å². The van der Waals surface area contributed by atoms with E-state index in [2.05, 4.69) is 13.2 Å². The number of esters is 1. The molecule has 0 saturated carbocycles. The third kappa shape index (κ3) is 5.04. The summed E-state index contributed by atoms with van der Waals surface area (Å²) in [5.41, 5.74) is 3.83. The van der Waals surface area contributed by atoms with Gasteiger partial charge >= 0.3 is 5.97 Å². The van der Waals surface area contributed by atoms with Crippen molar-refractivity contribution in [2.75, 3.05) is 25.6 Å². The molecule has 0 aliphatic rings. The molecule has 0 bridgehead atoms. The minimum absolute atomic E-state index is 0.0185. The summed E-state index contributed by atoms with van der Waals surface area (Å²) in [5.74, 6) is -1.23. The van der Waals surface area contributed by atoms with Crippen LogP contribution in [0.3, 0.4) is 0 Å². The smallest absolute Gasteiger partial charge is 0.338 e. The number of carbonyl (C=O) groups is 3. The summed E-state index contributed by atoms with van der Waals surface area (Å²) >= 11 is 6.65. The highest BCUT2D eigenvalue weighted by Crippen LogP contribution is 2.35. The van der Waals surface area contributed by atoms with E-state index < -0.39 is 5.97 Å². The summed E-state index contributed by atoms with van der Waals surface area (Å²) in [4.78, 5) is 40.2. The molecule has 0 aliphatic carbocycles. The van der Waals surface area contributed by atoms with E-state index in [9.17, 15) is 14.4 Å². The molecule has 1 heterocycles. The van der Waals surface area contributed by atoms with E-state index in [0.29, 0.717) is 21.7 Å². The summed E-state index contributed by atoms with van der Waals surface area (Å²) in [6, 6.07) is 15.9. The number of ether oxygens (including phenoxy) is 1. The van der Waals surface area contributed by atoms with Gasteiger partial charge in [0.15, 0.2) is 11.6 Å². The van der Waals surface area contributed by atoms with Crippen molar-refractivity contribution >= 4 is 68.9 Å². The third-order valence-corrected chi connectivity index (χ3v) is 6.57. The van der Waals surface area contributed by atoms with Crippen LogP contribution in [0.5, 0.6) is 0 Å². The van der Waals surface area contributed by atoms with Crippen LogP contribution in [-0.2, 0) is 9.53 Å². The van der Waals surface area contributed by atoms with Gasteiger partial charge in [-0.3, -0.25) is 9.59 Å². The number of anilines is 1. The molecule has 192 valence electrons. The molecule has 0 fully saturated rings. The van der Waals surface area contributed by atoms with Crippen LogP contribution in [0.2, 0.25) is 5.02 Å². The van der Waals surface area contributed by atoms with Gasteiger partial charge in [0, 0.05) is 47.3 Å². The Kier molecular flexibility index (Phi) is 7.65. The lowest BCUT2D eigenvalue weighted by molar-refractivity contribution is -0.113. The van der Waals surface area contributed by atoms with E-state index >= 15 is 0 Å². The van der Waals surface area contributed by atoms with Gasteiger partial charge in [-0.25, -0.2) is 4.79 Å². The predicted octanol–water partition coefficient (Wildman–Crippen LogP) is 6.81. The van der Waals surface area contributed by atoms with Crippen molar-refractivity contribution in [3.63, 3.8) is 0 Å². The summed E-state index contributed by atoms with van der Waals surface area (Å²) in [5, 5.41) is 1.91. The van der Waals surface area contributed by atoms with Gasteiger partial charge in [-0.1, -0.05) is 30.8 Å². The molecule has 6 nitrogen and oxygen atoms in total. The van der Waals surface area contributed by atoms with E-state index in [-0.39, 0.29) is 23.7 Å². The Labute approximate surface area is 226 Å². The zero-order valence-corrected chi connectivity index (χ0v) is 22.2. The van der Waals surface area contributed by atoms with Gasteiger partial charge in [0.05, 0.1) is 22.2 Å². The first-order valence-electron chi connectivity index (χ1n) is 11.9. The Morgan fingerprint density at radius 1 is 0.947 bits per heavy atom. The van der Waals surface area contributed by atoms with Crippen molar-refractivity contribution < 1.29 is 19.1 Å². The van der Waals surface area contributed by atoms with Crippen LogP contribution in [0.15, 0.2) is 79.4 Å². The standard InChI is InChI=1S/C31H27ClN2O4/c1-6-14-38-31(37)21-10-13-28-25(15-21)26-17-22(27(32)18-29(26)34(28)7-2)16-24(19(3)35)30(36)20-8-11-23(12-9-20)33(4)5/h6-13,15-18H,1-2,14H2,3-5H3/b24-16-. The highest BCUT2D eigenvalue weighted by Gasteiger charge is 2.19. The fourth-order valence-corrected chi connectivity index (χ4v) is 4.50. The van der Waals surface area contributed by atoms with Gasteiger partial charge in [0.1, 0.15) is 6.61 Å². The maximum Gasteiger partial charge on any atom is 0.338 e. The zero-order chi connectivity index (χ0) is 27.6. The Morgan fingerprint density at radius 2 is 1.61 bits per heavy atom. The lowest BCUT2D eigenvalue weighted by Crippen LogP contribution is -2.12. The molecular formula is C31H27ClN2O4. The number of ketones is 2. The molecule has 0 unspecified atom stereocenters. The maximum atomic E-state index is 13.3. The Bertz CT molecular complexity index is 1640. The highest BCUT2D eigenvalue weighted by molar-refractivity contribution is 6.35. The van der Waals surface area contributed by atoms with Gasteiger partial charge < -0.3 is 14.2 Å². The Hall–Kier alpha value is -4.42. The summed E-state index contributed by atoms with van der Waals surface area (Å²) in [7, 11) is 3.82. The number of fused-ring (bicyclic) bond motifs is 3. The molecule has 0 radical (unpaired) electrons. The fourth-order valence-electron chi connectivity index (χ4n) is 4.29. The maximum absolute atomic E-state index is 13.3. The monoisotopic (exact) mass is 526 g/mol. The molecule has 0 spiro atoms. The van der Waals surface area contributed by atoms with Gasteiger partial charge in [-0.05, 0) is 73.2 Å². The van der Waals surface area contributed by atoms with Crippen molar-refractivity contribution in [2.45, 2.75) is 6.92 Å². The molecule has 4 rings (SSSR count). The molecule has 7 heteroatoms. The van der Waals surface area contributed by atoms with Crippen LogP contribution >= 0.6 is 11.6 Å². The second-order valence-electron chi connectivity index (χ2n) is 8.95. The van der Waals surface area contributed by atoms with Crippen LogP contribution in [0, 0.1) is 0 Å². The number of hydrogen-bond donors (Lipinski definition) is 0.